The van der Waals surface area contributed by atoms with E-state index in [9.17, 15) is 4.79 Å². The van der Waals surface area contributed by atoms with Gasteiger partial charge in [0.1, 0.15) is 5.60 Å². The lowest BCUT2D eigenvalue weighted by Crippen LogP contribution is -2.47. The van der Waals surface area contributed by atoms with Gasteiger partial charge in [0.05, 0.1) is 17.6 Å². The summed E-state index contributed by atoms with van der Waals surface area (Å²) in [5.41, 5.74) is 4.07. The number of hydrogen-bond acceptors (Lipinski definition) is 4. The Kier molecular flexibility index (Phi) is 5.90. The minimum Gasteiger partial charge on any atom is -0.444 e. The van der Waals surface area contributed by atoms with Crippen LogP contribution >= 0.6 is 0 Å². The lowest BCUT2D eigenvalue weighted by atomic mass is 10.1. The van der Waals surface area contributed by atoms with Crippen LogP contribution < -0.4 is 5.32 Å². The van der Waals surface area contributed by atoms with Crippen molar-refractivity contribution in [3.8, 4) is 0 Å². The van der Waals surface area contributed by atoms with E-state index in [0.29, 0.717) is 6.54 Å². The summed E-state index contributed by atoms with van der Waals surface area (Å²) in [5.74, 6) is 0.845. The number of carbonyl (C=O) groups excluding carboxylic acids is 1. The molecule has 31 heavy (non-hydrogen) atoms. The number of fused-ring (bicyclic) bond motifs is 1. The molecular weight excluding hydrogens is 388 g/mol. The van der Waals surface area contributed by atoms with Gasteiger partial charge in [0.15, 0.2) is 0 Å². The minimum absolute atomic E-state index is 0.134. The van der Waals surface area contributed by atoms with E-state index < -0.39 is 5.60 Å². The number of amides is 1. The molecule has 0 bridgehead atoms. The van der Waals surface area contributed by atoms with Gasteiger partial charge in [0.25, 0.3) is 0 Å². The van der Waals surface area contributed by atoms with Crippen molar-refractivity contribution in [3.63, 3.8) is 0 Å². The van der Waals surface area contributed by atoms with E-state index in [1.165, 1.54) is 11.1 Å². The number of nitrogens with zero attached hydrogens (tertiary/aromatic N) is 3. The number of aryl methyl sites for hydroxylation is 1. The summed E-state index contributed by atoms with van der Waals surface area (Å²) < 4.78 is 7.80. The first-order chi connectivity index (χ1) is 14.8. The van der Waals surface area contributed by atoms with E-state index in [-0.39, 0.29) is 12.1 Å². The average Bonchev–Trinajstić information content (AvgIpc) is 3.06. The van der Waals surface area contributed by atoms with Gasteiger partial charge in [-0.3, -0.25) is 0 Å². The molecule has 1 aliphatic heterocycles. The van der Waals surface area contributed by atoms with E-state index in [4.69, 9.17) is 9.72 Å². The maximum absolute atomic E-state index is 12.5. The number of aromatic nitrogens is 2. The molecule has 1 fully saturated rings. The van der Waals surface area contributed by atoms with Gasteiger partial charge in [0, 0.05) is 19.1 Å². The molecule has 0 spiro atoms. The second kappa shape index (κ2) is 8.61. The van der Waals surface area contributed by atoms with Crippen LogP contribution in [0.4, 0.5) is 10.7 Å². The first-order valence-corrected chi connectivity index (χ1v) is 11.0. The Balaban J connectivity index is 1.55. The van der Waals surface area contributed by atoms with Gasteiger partial charge >= 0.3 is 6.09 Å². The number of hydrogen-bond donors (Lipinski definition) is 1. The Labute approximate surface area is 184 Å². The van der Waals surface area contributed by atoms with Gasteiger partial charge in [-0.2, -0.15) is 0 Å². The molecule has 1 aliphatic rings. The third-order valence-electron chi connectivity index (χ3n) is 5.52. The summed E-state index contributed by atoms with van der Waals surface area (Å²) in [6.45, 7) is 9.89. The van der Waals surface area contributed by atoms with Gasteiger partial charge in [-0.1, -0.05) is 42.0 Å². The zero-order chi connectivity index (χ0) is 22.0. The molecule has 6 heteroatoms. The summed E-state index contributed by atoms with van der Waals surface area (Å²) in [4.78, 5) is 19.2. The van der Waals surface area contributed by atoms with Crippen molar-refractivity contribution in [2.75, 3.05) is 18.4 Å². The van der Waals surface area contributed by atoms with Gasteiger partial charge in [-0.15, -0.1) is 0 Å². The molecule has 0 saturated carbocycles. The van der Waals surface area contributed by atoms with Crippen molar-refractivity contribution in [2.24, 2.45) is 0 Å². The van der Waals surface area contributed by atoms with E-state index >= 15 is 0 Å². The first kappa shape index (κ1) is 21.2. The predicted octanol–water partition coefficient (Wildman–Crippen LogP) is 5.20. The number of para-hydroxylation sites is 2. The number of piperidine rings is 1. The standard InChI is InChI=1S/C25H32N4O2/c1-18-11-13-19(14-12-18)16-29-22-10-6-5-9-21(22)27-23(29)26-20-8-7-15-28(17-20)24(30)31-25(2,3)4/h5-6,9-14,20H,7-8,15-17H2,1-4H3,(H,26,27)/t20-/m1/s1. The number of benzene rings is 2. The maximum atomic E-state index is 12.5. The van der Waals surface area contributed by atoms with E-state index in [1.807, 2.05) is 39.0 Å². The molecule has 1 amide bonds. The van der Waals surface area contributed by atoms with Crippen molar-refractivity contribution < 1.29 is 9.53 Å². The summed E-state index contributed by atoms with van der Waals surface area (Å²) in [6.07, 6.45) is 1.69. The first-order valence-electron chi connectivity index (χ1n) is 11.0. The summed E-state index contributed by atoms with van der Waals surface area (Å²) in [5, 5.41) is 3.62. The molecule has 0 unspecified atom stereocenters. The van der Waals surface area contributed by atoms with E-state index in [2.05, 4.69) is 47.1 Å². The number of imidazole rings is 1. The largest absolute Gasteiger partial charge is 0.444 e. The summed E-state index contributed by atoms with van der Waals surface area (Å²) in [6, 6.07) is 17.0. The molecule has 4 rings (SSSR count). The fourth-order valence-corrected chi connectivity index (χ4v) is 3.99. The maximum Gasteiger partial charge on any atom is 0.410 e. The van der Waals surface area contributed by atoms with Crippen LogP contribution in [0.5, 0.6) is 0 Å². The molecule has 2 heterocycles. The quantitative estimate of drug-likeness (QED) is 0.630. The average molecular weight is 421 g/mol. The van der Waals surface area contributed by atoms with E-state index in [1.54, 1.807) is 4.90 Å². The highest BCUT2D eigenvalue weighted by molar-refractivity contribution is 5.79. The Hall–Kier alpha value is -3.02. The lowest BCUT2D eigenvalue weighted by Gasteiger charge is -2.34. The zero-order valence-corrected chi connectivity index (χ0v) is 18.9. The van der Waals surface area contributed by atoms with Crippen LogP contribution in [0.25, 0.3) is 11.0 Å². The number of rotatable bonds is 4. The molecule has 0 aliphatic carbocycles. The van der Waals surface area contributed by atoms with Crippen LogP contribution in [0.3, 0.4) is 0 Å². The minimum atomic E-state index is -0.487. The highest BCUT2D eigenvalue weighted by Gasteiger charge is 2.28. The zero-order valence-electron chi connectivity index (χ0n) is 18.9. The normalized spacial score (nSPS) is 17.0. The molecule has 1 aromatic heterocycles. The van der Waals surface area contributed by atoms with Crippen molar-refractivity contribution >= 4 is 23.1 Å². The van der Waals surface area contributed by atoms with Crippen LogP contribution in [0.2, 0.25) is 0 Å². The monoisotopic (exact) mass is 420 g/mol. The van der Waals surface area contributed by atoms with Crippen molar-refractivity contribution in [3.05, 3.63) is 59.7 Å². The number of carbonyl (C=O) groups is 1. The van der Waals surface area contributed by atoms with Crippen LogP contribution in [0.15, 0.2) is 48.5 Å². The van der Waals surface area contributed by atoms with Gasteiger partial charge < -0.3 is 19.5 Å². The number of nitrogens with one attached hydrogen (secondary N) is 1. The van der Waals surface area contributed by atoms with Crippen LogP contribution in [0, 0.1) is 6.92 Å². The Morgan fingerprint density at radius 3 is 2.65 bits per heavy atom. The van der Waals surface area contributed by atoms with Crippen molar-refractivity contribution in [1.29, 1.82) is 0 Å². The number of anilines is 1. The third-order valence-corrected chi connectivity index (χ3v) is 5.52. The Morgan fingerprint density at radius 1 is 1.16 bits per heavy atom. The molecule has 0 radical (unpaired) electrons. The molecule has 3 aromatic rings. The van der Waals surface area contributed by atoms with Crippen LogP contribution in [-0.4, -0.2) is 45.3 Å². The highest BCUT2D eigenvalue weighted by atomic mass is 16.6. The fraction of sp³-hybridized carbons (Fsp3) is 0.440. The fourth-order valence-electron chi connectivity index (χ4n) is 3.99. The van der Waals surface area contributed by atoms with Crippen molar-refractivity contribution in [1.82, 2.24) is 14.5 Å². The molecule has 2 aromatic carbocycles. The summed E-state index contributed by atoms with van der Waals surface area (Å²) in [7, 11) is 0. The Morgan fingerprint density at radius 2 is 1.90 bits per heavy atom. The molecule has 1 atom stereocenters. The van der Waals surface area contributed by atoms with Gasteiger partial charge in [-0.25, -0.2) is 9.78 Å². The van der Waals surface area contributed by atoms with Crippen molar-refractivity contribution in [2.45, 2.75) is 58.7 Å². The van der Waals surface area contributed by atoms with Crippen LogP contribution in [0.1, 0.15) is 44.7 Å². The molecular formula is C25H32N4O2. The lowest BCUT2D eigenvalue weighted by molar-refractivity contribution is 0.0206. The number of likely N-dealkylation sites (tertiary alicyclic amines) is 1. The topological polar surface area (TPSA) is 59.4 Å². The van der Waals surface area contributed by atoms with Crippen LogP contribution in [-0.2, 0) is 11.3 Å². The third kappa shape index (κ3) is 5.19. The van der Waals surface area contributed by atoms with E-state index in [0.717, 1.165) is 42.9 Å². The Bertz CT molecular complexity index is 1050. The number of ether oxygens (including phenoxy) is 1. The van der Waals surface area contributed by atoms with Gasteiger partial charge in [0.2, 0.25) is 5.95 Å². The highest BCUT2D eigenvalue weighted by Crippen LogP contribution is 2.24. The molecule has 6 nitrogen and oxygen atoms in total. The smallest absolute Gasteiger partial charge is 0.410 e. The molecule has 1 saturated heterocycles. The predicted molar refractivity (Wildman–Crippen MR) is 124 cm³/mol. The second-order valence-electron chi connectivity index (χ2n) is 9.41. The molecule has 164 valence electrons. The molecule has 1 N–H and O–H groups in total. The second-order valence-corrected chi connectivity index (χ2v) is 9.41. The summed E-state index contributed by atoms with van der Waals surface area (Å²) >= 11 is 0. The SMILES string of the molecule is Cc1ccc(Cn2c(N[C@@H]3CCCN(C(=O)OC(C)(C)C)C3)nc3ccccc32)cc1. The van der Waals surface area contributed by atoms with Gasteiger partial charge in [-0.05, 0) is 58.2 Å².